The van der Waals surface area contributed by atoms with E-state index in [1.807, 2.05) is 0 Å². The summed E-state index contributed by atoms with van der Waals surface area (Å²) in [6.07, 6.45) is 0. The van der Waals surface area contributed by atoms with E-state index in [2.05, 4.69) is 0 Å². The fourth-order valence-electron chi connectivity index (χ4n) is 0.430. The van der Waals surface area contributed by atoms with Crippen LogP contribution in [0.4, 0.5) is 8.78 Å². The van der Waals surface area contributed by atoms with Crippen molar-refractivity contribution in [2.24, 2.45) is 0 Å². The molecule has 0 aliphatic heterocycles. The molecule has 0 aliphatic rings. The number of halogens is 4. The van der Waals surface area contributed by atoms with Gasteiger partial charge >= 0.3 is 34.5 Å². The van der Waals surface area contributed by atoms with Crippen molar-refractivity contribution in [3.63, 3.8) is 0 Å². The van der Waals surface area contributed by atoms with Crippen LogP contribution in [0, 0.1) is 11.6 Å². The first-order valence-corrected chi connectivity index (χ1v) is 10.5. The summed E-state index contributed by atoms with van der Waals surface area (Å²) in [4.78, 5) is 0. The van der Waals surface area contributed by atoms with Gasteiger partial charge < -0.3 is 0 Å². The number of hydrogen-bond donors (Lipinski definition) is 0. The molecule has 0 atom stereocenters. The molecule has 0 aromatic heterocycles. The second kappa shape index (κ2) is 6.96. The molecule has 0 nitrogen and oxygen atoms in total. The van der Waals surface area contributed by atoms with Gasteiger partial charge in [-0.3, -0.25) is 0 Å². The number of benzene rings is 1. The third kappa shape index (κ3) is 6.67. The van der Waals surface area contributed by atoms with Crippen molar-refractivity contribution in [2.75, 3.05) is 0 Å². The monoisotopic (exact) mass is 248 g/mol. The molecule has 0 amide bonds. The van der Waals surface area contributed by atoms with Crippen LogP contribution in [0.1, 0.15) is 0 Å². The van der Waals surface area contributed by atoms with Gasteiger partial charge in [0.15, 0.2) is 0 Å². The SMILES string of the molecule is Fc1ccc(F)cc1.[Cl][Zn][Cl]. The van der Waals surface area contributed by atoms with E-state index in [9.17, 15) is 8.78 Å². The van der Waals surface area contributed by atoms with Crippen LogP contribution in [0.5, 0.6) is 0 Å². The molecule has 58 valence electrons. The quantitative estimate of drug-likeness (QED) is 0.620. The molecule has 0 N–H and O–H groups in total. The topological polar surface area (TPSA) is 0 Å². The molecule has 0 saturated heterocycles. The molecular weight excluding hydrogens is 246 g/mol. The number of hydrogen-bond acceptors (Lipinski definition) is 0. The Morgan fingerprint density at radius 2 is 1.09 bits per heavy atom. The van der Waals surface area contributed by atoms with Gasteiger partial charge in [0, 0.05) is 0 Å². The standard InChI is InChI=1S/C6H4F2.2ClH.Zn/c7-5-1-2-6(8)4-3-5;;;/h1-4H;2*1H;/q;;;+2/p-2. The van der Waals surface area contributed by atoms with Gasteiger partial charge in [-0.25, -0.2) is 8.78 Å². The Balaban J connectivity index is 0.000000292. The van der Waals surface area contributed by atoms with Crippen LogP contribution in [0.25, 0.3) is 0 Å². The molecule has 0 fully saturated rings. The summed E-state index contributed by atoms with van der Waals surface area (Å²) in [5, 5.41) is 0. The summed E-state index contributed by atoms with van der Waals surface area (Å²) in [6.45, 7) is 0. The van der Waals surface area contributed by atoms with Gasteiger partial charge in [-0.2, -0.15) is 0 Å². The molecule has 0 heterocycles. The van der Waals surface area contributed by atoms with Crippen molar-refractivity contribution >= 4 is 19.4 Å². The molecular formula is C6H4Cl2F2Zn. The van der Waals surface area contributed by atoms with E-state index >= 15 is 0 Å². The van der Waals surface area contributed by atoms with Crippen molar-refractivity contribution < 1.29 is 23.9 Å². The normalized spacial score (nSPS) is 7.64. The molecule has 1 aromatic rings. The molecule has 0 bridgehead atoms. The van der Waals surface area contributed by atoms with Crippen LogP contribution in [0.2, 0.25) is 0 Å². The second-order valence-electron chi connectivity index (χ2n) is 1.54. The maximum atomic E-state index is 11.9. The van der Waals surface area contributed by atoms with Crippen LogP contribution in [-0.2, 0) is 15.1 Å². The molecule has 0 radical (unpaired) electrons. The van der Waals surface area contributed by atoms with E-state index in [4.69, 9.17) is 19.4 Å². The maximum absolute atomic E-state index is 11.9. The van der Waals surface area contributed by atoms with Crippen molar-refractivity contribution in [2.45, 2.75) is 0 Å². The van der Waals surface area contributed by atoms with E-state index in [0.717, 1.165) is 24.3 Å². The Kier molecular flexibility index (Phi) is 7.14. The minimum absolute atomic E-state index is 0.411. The van der Waals surface area contributed by atoms with E-state index in [1.165, 1.54) is 0 Å². The molecule has 1 rings (SSSR count). The molecule has 1 aromatic carbocycles. The van der Waals surface area contributed by atoms with Crippen LogP contribution in [-0.4, -0.2) is 0 Å². The predicted molar refractivity (Wildman–Crippen MR) is 38.1 cm³/mol. The Bertz CT molecular complexity index is 169. The zero-order chi connectivity index (χ0) is 8.69. The average molecular weight is 250 g/mol. The molecule has 0 spiro atoms. The van der Waals surface area contributed by atoms with Crippen molar-refractivity contribution in [1.82, 2.24) is 0 Å². The third-order valence-corrected chi connectivity index (χ3v) is 0.804. The summed E-state index contributed by atoms with van der Waals surface area (Å²) in [6, 6.07) is 4.31. The summed E-state index contributed by atoms with van der Waals surface area (Å²) >= 11 is -0.931. The zero-order valence-electron chi connectivity index (χ0n) is 5.53. The Morgan fingerprint density at radius 3 is 1.27 bits per heavy atom. The average Bonchev–Trinajstić information content (AvgIpc) is 1.97. The van der Waals surface area contributed by atoms with Gasteiger partial charge in [-0.1, -0.05) is 0 Å². The fraction of sp³-hybridized carbons (Fsp3) is 0. The Hall–Kier alpha value is 0.283. The first-order valence-electron chi connectivity index (χ1n) is 2.73. The van der Waals surface area contributed by atoms with Gasteiger partial charge in [0.25, 0.3) is 0 Å². The van der Waals surface area contributed by atoms with Crippen molar-refractivity contribution in [3.8, 4) is 0 Å². The molecule has 0 unspecified atom stereocenters. The Morgan fingerprint density at radius 1 is 0.909 bits per heavy atom. The molecule has 0 aliphatic carbocycles. The molecule has 0 saturated carbocycles. The van der Waals surface area contributed by atoms with E-state index < -0.39 is 26.8 Å². The van der Waals surface area contributed by atoms with Crippen molar-refractivity contribution in [3.05, 3.63) is 35.9 Å². The summed E-state index contributed by atoms with van der Waals surface area (Å²) in [5.74, 6) is -0.821. The summed E-state index contributed by atoms with van der Waals surface area (Å²) < 4.78 is 23.8. The van der Waals surface area contributed by atoms with Gasteiger partial charge in [0.1, 0.15) is 11.6 Å². The second-order valence-corrected chi connectivity index (χ2v) is 6.16. The van der Waals surface area contributed by atoms with Crippen LogP contribution < -0.4 is 0 Å². The number of rotatable bonds is 0. The van der Waals surface area contributed by atoms with Crippen LogP contribution in [0.15, 0.2) is 24.3 Å². The fourth-order valence-corrected chi connectivity index (χ4v) is 0.430. The van der Waals surface area contributed by atoms with Gasteiger partial charge in [0.05, 0.1) is 0 Å². The Labute approximate surface area is 79.2 Å². The summed E-state index contributed by atoms with van der Waals surface area (Å²) in [5.41, 5.74) is 0. The third-order valence-electron chi connectivity index (χ3n) is 0.804. The van der Waals surface area contributed by atoms with Crippen LogP contribution >= 0.6 is 19.4 Å². The summed E-state index contributed by atoms with van der Waals surface area (Å²) in [7, 11) is 9.90. The van der Waals surface area contributed by atoms with Crippen LogP contribution in [0.3, 0.4) is 0 Å². The first-order chi connectivity index (χ1) is 5.20. The van der Waals surface area contributed by atoms with Gasteiger partial charge in [0.2, 0.25) is 0 Å². The van der Waals surface area contributed by atoms with E-state index in [-0.39, 0.29) is 0 Å². The van der Waals surface area contributed by atoms with Gasteiger partial charge in [-0.15, -0.1) is 0 Å². The first kappa shape index (κ1) is 11.3. The predicted octanol–water partition coefficient (Wildman–Crippen LogP) is 3.34. The van der Waals surface area contributed by atoms with Gasteiger partial charge in [-0.05, 0) is 24.3 Å². The van der Waals surface area contributed by atoms with E-state index in [1.54, 1.807) is 0 Å². The molecule has 5 heteroatoms. The minimum atomic E-state index is -0.931. The van der Waals surface area contributed by atoms with E-state index in [0.29, 0.717) is 0 Å². The molecule has 11 heavy (non-hydrogen) atoms. The van der Waals surface area contributed by atoms with Crippen molar-refractivity contribution in [1.29, 1.82) is 0 Å². The zero-order valence-corrected chi connectivity index (χ0v) is 10.0.